The van der Waals surface area contributed by atoms with Crippen molar-refractivity contribution in [2.45, 2.75) is 32.2 Å². The summed E-state index contributed by atoms with van der Waals surface area (Å²) in [6.07, 6.45) is 2.97. The number of nitrogens with two attached hydrogens (primary N) is 1. The van der Waals surface area contributed by atoms with Gasteiger partial charge in [0.15, 0.2) is 0 Å². The summed E-state index contributed by atoms with van der Waals surface area (Å²) in [5.74, 6) is -0.194. The van der Waals surface area contributed by atoms with Gasteiger partial charge in [0.05, 0.1) is 0 Å². The van der Waals surface area contributed by atoms with Crippen LogP contribution in [0.2, 0.25) is 0 Å². The fourth-order valence-electron chi connectivity index (χ4n) is 3.87. The van der Waals surface area contributed by atoms with Crippen LogP contribution in [-0.4, -0.2) is 67.6 Å². The van der Waals surface area contributed by atoms with E-state index in [4.69, 9.17) is 5.73 Å². The molecular formula is C19H30N4O. The summed E-state index contributed by atoms with van der Waals surface area (Å²) in [4.78, 5) is 18.4. The Morgan fingerprint density at radius 3 is 2.25 bits per heavy atom. The monoisotopic (exact) mass is 330 g/mol. The lowest BCUT2D eigenvalue weighted by Gasteiger charge is -2.43. The third-order valence-corrected chi connectivity index (χ3v) is 5.46. The Morgan fingerprint density at radius 1 is 1.04 bits per heavy atom. The topological polar surface area (TPSA) is 52.8 Å². The Morgan fingerprint density at radius 2 is 1.67 bits per heavy atom. The van der Waals surface area contributed by atoms with Crippen molar-refractivity contribution in [2.24, 2.45) is 5.73 Å². The van der Waals surface area contributed by atoms with Crippen molar-refractivity contribution >= 4 is 11.6 Å². The van der Waals surface area contributed by atoms with Gasteiger partial charge >= 0.3 is 0 Å². The number of hydrogen-bond donors (Lipinski definition) is 1. The molecule has 0 aliphatic carbocycles. The molecule has 0 radical (unpaired) electrons. The van der Waals surface area contributed by atoms with E-state index in [1.165, 1.54) is 24.1 Å². The van der Waals surface area contributed by atoms with E-state index in [0.717, 1.165) is 45.8 Å². The maximum atomic E-state index is 10.9. The Bertz CT molecular complexity index is 529. The molecule has 2 N–H and O–H groups in total. The van der Waals surface area contributed by atoms with Gasteiger partial charge in [-0.3, -0.25) is 9.69 Å². The molecular weight excluding hydrogens is 300 g/mol. The van der Waals surface area contributed by atoms with Crippen molar-refractivity contribution in [1.82, 2.24) is 9.80 Å². The largest absolute Gasteiger partial charge is 0.371 e. The van der Waals surface area contributed by atoms with Crippen LogP contribution in [0.25, 0.3) is 0 Å². The molecule has 1 aromatic rings. The summed E-state index contributed by atoms with van der Waals surface area (Å²) in [7, 11) is 0. The molecule has 2 fully saturated rings. The van der Waals surface area contributed by atoms with Crippen LogP contribution in [0, 0.1) is 6.92 Å². The van der Waals surface area contributed by atoms with Crippen LogP contribution >= 0.6 is 0 Å². The van der Waals surface area contributed by atoms with Crippen molar-refractivity contribution < 1.29 is 4.79 Å². The highest BCUT2D eigenvalue weighted by atomic mass is 16.1. The second kappa shape index (κ2) is 7.99. The minimum absolute atomic E-state index is 0.194. The number of aryl methyl sites for hydroxylation is 1. The number of carbonyl (C=O) groups is 1. The summed E-state index contributed by atoms with van der Waals surface area (Å²) in [6, 6.07) is 9.60. The Labute approximate surface area is 145 Å². The number of carbonyl (C=O) groups excluding carboxylic acids is 1. The molecule has 0 bridgehead atoms. The van der Waals surface area contributed by atoms with Gasteiger partial charge in [-0.1, -0.05) is 17.7 Å². The van der Waals surface area contributed by atoms with E-state index in [9.17, 15) is 4.79 Å². The van der Waals surface area contributed by atoms with Gasteiger partial charge in [0.25, 0.3) is 0 Å². The van der Waals surface area contributed by atoms with Crippen molar-refractivity contribution in [3.05, 3.63) is 29.8 Å². The van der Waals surface area contributed by atoms with Crippen molar-refractivity contribution in [3.8, 4) is 0 Å². The number of benzene rings is 1. The third-order valence-electron chi connectivity index (χ3n) is 5.46. The Hall–Kier alpha value is -1.59. The zero-order valence-electron chi connectivity index (χ0n) is 14.8. The summed E-state index contributed by atoms with van der Waals surface area (Å²) in [5, 5.41) is 0. The normalized spacial score (nSPS) is 21.1. The number of primary amides is 1. The van der Waals surface area contributed by atoms with Gasteiger partial charge in [-0.15, -0.1) is 0 Å². The van der Waals surface area contributed by atoms with Crippen molar-refractivity contribution in [2.75, 3.05) is 50.7 Å². The molecule has 2 heterocycles. The molecule has 0 aromatic heterocycles. The number of hydrogen-bond acceptors (Lipinski definition) is 4. The van der Waals surface area contributed by atoms with Gasteiger partial charge in [0, 0.05) is 64.0 Å². The fraction of sp³-hybridized carbons (Fsp3) is 0.632. The molecule has 0 spiro atoms. The van der Waals surface area contributed by atoms with Crippen LogP contribution in [0.1, 0.15) is 24.8 Å². The number of rotatable bonds is 5. The van der Waals surface area contributed by atoms with Gasteiger partial charge in [-0.2, -0.15) is 0 Å². The standard InChI is InChI=1S/C19H30N4O/c1-16-2-4-17(5-3-16)22-10-6-18(7-11-22)23-14-12-21(13-15-23)9-8-19(20)24/h2-5,18H,6-15H2,1H3,(H2,20,24). The molecule has 0 atom stereocenters. The first-order chi connectivity index (χ1) is 11.6. The fourth-order valence-corrected chi connectivity index (χ4v) is 3.87. The molecule has 24 heavy (non-hydrogen) atoms. The summed E-state index contributed by atoms with van der Waals surface area (Å²) < 4.78 is 0. The molecule has 2 saturated heterocycles. The molecule has 1 aromatic carbocycles. The predicted octanol–water partition coefficient (Wildman–Crippen LogP) is 1.46. The Kier molecular flexibility index (Phi) is 5.74. The minimum atomic E-state index is -0.194. The quantitative estimate of drug-likeness (QED) is 0.888. The first kappa shape index (κ1) is 17.2. The maximum absolute atomic E-state index is 10.9. The van der Waals surface area contributed by atoms with E-state index in [-0.39, 0.29) is 5.91 Å². The van der Waals surface area contributed by atoms with Gasteiger partial charge in [0.1, 0.15) is 0 Å². The second-order valence-electron chi connectivity index (χ2n) is 7.15. The lowest BCUT2D eigenvalue weighted by molar-refractivity contribution is -0.118. The van der Waals surface area contributed by atoms with E-state index in [0.29, 0.717) is 12.5 Å². The number of piperidine rings is 1. The average molecular weight is 330 g/mol. The summed E-state index contributed by atoms with van der Waals surface area (Å²) in [5.41, 5.74) is 7.92. The first-order valence-electron chi connectivity index (χ1n) is 9.18. The molecule has 2 aliphatic rings. The highest BCUT2D eigenvalue weighted by Crippen LogP contribution is 2.23. The lowest BCUT2D eigenvalue weighted by Crippen LogP contribution is -2.53. The third kappa shape index (κ3) is 4.48. The number of nitrogens with zero attached hydrogens (tertiary/aromatic N) is 3. The Balaban J connectivity index is 1.42. The van der Waals surface area contributed by atoms with Crippen LogP contribution < -0.4 is 10.6 Å². The van der Waals surface area contributed by atoms with E-state index in [2.05, 4.69) is 45.9 Å². The minimum Gasteiger partial charge on any atom is -0.371 e. The SMILES string of the molecule is Cc1ccc(N2CCC(N3CCN(CCC(N)=O)CC3)CC2)cc1. The van der Waals surface area contributed by atoms with E-state index in [1.54, 1.807) is 0 Å². The molecule has 2 aliphatic heterocycles. The van der Waals surface area contributed by atoms with Crippen LogP contribution in [0.15, 0.2) is 24.3 Å². The number of anilines is 1. The molecule has 132 valence electrons. The molecule has 1 amide bonds. The van der Waals surface area contributed by atoms with Crippen molar-refractivity contribution in [3.63, 3.8) is 0 Å². The van der Waals surface area contributed by atoms with Crippen LogP contribution in [0.3, 0.4) is 0 Å². The van der Waals surface area contributed by atoms with E-state index in [1.807, 2.05) is 0 Å². The van der Waals surface area contributed by atoms with E-state index >= 15 is 0 Å². The zero-order valence-corrected chi connectivity index (χ0v) is 14.8. The maximum Gasteiger partial charge on any atom is 0.218 e. The molecule has 0 saturated carbocycles. The lowest BCUT2D eigenvalue weighted by atomic mass is 10.0. The van der Waals surface area contributed by atoms with Crippen LogP contribution in [0.4, 0.5) is 5.69 Å². The average Bonchev–Trinajstić information content (AvgIpc) is 2.61. The predicted molar refractivity (Wildman–Crippen MR) is 98.2 cm³/mol. The molecule has 3 rings (SSSR count). The summed E-state index contributed by atoms with van der Waals surface area (Å²) >= 11 is 0. The van der Waals surface area contributed by atoms with Crippen LogP contribution in [0.5, 0.6) is 0 Å². The smallest absolute Gasteiger partial charge is 0.218 e. The summed E-state index contributed by atoms with van der Waals surface area (Å²) in [6.45, 7) is 9.61. The van der Waals surface area contributed by atoms with Gasteiger partial charge in [0.2, 0.25) is 5.91 Å². The molecule has 5 nitrogen and oxygen atoms in total. The van der Waals surface area contributed by atoms with E-state index < -0.39 is 0 Å². The van der Waals surface area contributed by atoms with Crippen molar-refractivity contribution in [1.29, 1.82) is 0 Å². The van der Waals surface area contributed by atoms with Gasteiger partial charge in [-0.25, -0.2) is 0 Å². The zero-order chi connectivity index (χ0) is 16.9. The molecule has 0 unspecified atom stereocenters. The number of piperazine rings is 1. The van der Waals surface area contributed by atoms with Gasteiger partial charge in [-0.05, 0) is 31.9 Å². The highest BCUT2D eigenvalue weighted by Gasteiger charge is 2.27. The first-order valence-corrected chi connectivity index (χ1v) is 9.18. The second-order valence-corrected chi connectivity index (χ2v) is 7.15. The van der Waals surface area contributed by atoms with Gasteiger partial charge < -0.3 is 15.5 Å². The highest BCUT2D eigenvalue weighted by molar-refractivity contribution is 5.73. The molecule has 5 heteroatoms. The van der Waals surface area contributed by atoms with Crippen LogP contribution in [-0.2, 0) is 4.79 Å². The number of amides is 1.